The van der Waals surface area contributed by atoms with Crippen LogP contribution in [0.5, 0.6) is 0 Å². The predicted molar refractivity (Wildman–Crippen MR) is 158 cm³/mol. The molecule has 0 saturated carbocycles. The number of rotatable bonds is 18. The number of carbonyl (C=O) groups excluding carboxylic acids is 2. The number of guanidine groups is 2. The second kappa shape index (κ2) is 25.0. The Bertz CT molecular complexity index is 841. The number of allylic oxidation sites excluding steroid dienone is 10. The molecule has 0 atom stereocenters. The summed E-state index contributed by atoms with van der Waals surface area (Å²) >= 11 is 0. The number of hydrogen-bond acceptors (Lipinski definition) is 4. The highest BCUT2D eigenvalue weighted by Crippen LogP contribution is 2.00. The van der Waals surface area contributed by atoms with Gasteiger partial charge in [-0.15, -0.1) is 0 Å². The summed E-state index contributed by atoms with van der Waals surface area (Å²) in [6.07, 6.45) is 29.4. The Morgan fingerprint density at radius 3 is 1.97 bits per heavy atom. The van der Waals surface area contributed by atoms with Gasteiger partial charge in [-0.25, -0.2) is 4.79 Å². The molecule has 212 valence electrons. The molecule has 0 aromatic carbocycles. The molecule has 0 aliphatic heterocycles. The largest absolute Gasteiger partial charge is 0.449 e. The molecule has 0 aliphatic rings. The number of nitrogens with zero attached hydrogens (tertiary/aromatic N) is 2. The van der Waals surface area contributed by atoms with Crippen LogP contribution >= 0.6 is 0 Å². The molecule has 0 heterocycles. The van der Waals surface area contributed by atoms with E-state index in [2.05, 4.69) is 83.3 Å². The van der Waals surface area contributed by atoms with Crippen LogP contribution in [0.1, 0.15) is 71.1 Å². The number of nitrogens with two attached hydrogens (primary N) is 1. The molecule has 9 nitrogen and oxygen atoms in total. The smallest absolute Gasteiger partial charge is 0.413 e. The van der Waals surface area contributed by atoms with E-state index in [0.717, 1.165) is 44.9 Å². The van der Waals surface area contributed by atoms with Crippen molar-refractivity contribution in [1.82, 2.24) is 15.5 Å². The molecule has 0 radical (unpaired) electrons. The summed E-state index contributed by atoms with van der Waals surface area (Å²) in [7, 11) is 3.28. The van der Waals surface area contributed by atoms with E-state index in [-0.39, 0.29) is 24.4 Å². The lowest BCUT2D eigenvalue weighted by Gasteiger charge is -2.10. The van der Waals surface area contributed by atoms with Gasteiger partial charge < -0.3 is 20.7 Å². The Labute approximate surface area is 229 Å². The van der Waals surface area contributed by atoms with Crippen molar-refractivity contribution in [3.63, 3.8) is 0 Å². The van der Waals surface area contributed by atoms with Gasteiger partial charge in [0.05, 0.1) is 6.61 Å². The van der Waals surface area contributed by atoms with Crippen molar-refractivity contribution >= 4 is 23.9 Å². The molecule has 0 rings (SSSR count). The first-order chi connectivity index (χ1) is 18.4. The predicted octanol–water partition coefficient (Wildman–Crippen LogP) is 5.34. The van der Waals surface area contributed by atoms with Crippen LogP contribution in [-0.4, -0.2) is 56.1 Å². The van der Waals surface area contributed by atoms with Gasteiger partial charge in [-0.3, -0.25) is 15.5 Å². The third-order valence-corrected chi connectivity index (χ3v) is 4.94. The zero-order valence-corrected chi connectivity index (χ0v) is 23.5. The highest BCUT2D eigenvalue weighted by molar-refractivity contribution is 5.99. The molecule has 0 aliphatic carbocycles. The first kappa shape index (κ1) is 34.4. The first-order valence-electron chi connectivity index (χ1n) is 13.4. The summed E-state index contributed by atoms with van der Waals surface area (Å²) < 4.78 is 5.00. The lowest BCUT2D eigenvalue weighted by molar-refractivity contribution is -0.121. The summed E-state index contributed by atoms with van der Waals surface area (Å²) in [5.74, 6) is -0.259. The van der Waals surface area contributed by atoms with Gasteiger partial charge in [0.2, 0.25) is 17.8 Å². The Balaban J connectivity index is 3.65. The number of carbonyl (C=O) groups is 2. The second-order valence-electron chi connectivity index (χ2n) is 8.63. The van der Waals surface area contributed by atoms with Crippen molar-refractivity contribution in [3.8, 4) is 0 Å². The molecule has 0 bridgehead atoms. The quantitative estimate of drug-likeness (QED) is 0.0825. The normalized spacial score (nSPS) is 12.3. The van der Waals surface area contributed by atoms with Crippen LogP contribution in [0.4, 0.5) is 4.79 Å². The van der Waals surface area contributed by atoms with Crippen molar-refractivity contribution < 1.29 is 14.3 Å². The monoisotopic (exact) mass is 528 g/mol. The van der Waals surface area contributed by atoms with E-state index in [1.54, 1.807) is 14.1 Å². The second-order valence-corrected chi connectivity index (χ2v) is 8.63. The Kier molecular flexibility index (Phi) is 22.7. The van der Waals surface area contributed by atoms with Gasteiger partial charge in [0, 0.05) is 27.1 Å². The maximum Gasteiger partial charge on any atom is 0.413 e. The zero-order valence-electron chi connectivity index (χ0n) is 23.5. The van der Waals surface area contributed by atoms with E-state index in [1.807, 2.05) is 0 Å². The number of unbranched alkanes of at least 4 members (excludes halogenated alkanes) is 2. The highest BCUT2D eigenvalue weighted by Gasteiger charge is 2.06. The number of ether oxygens (including phenoxy) is 1. The van der Waals surface area contributed by atoms with Crippen LogP contribution in [0.3, 0.4) is 0 Å². The summed E-state index contributed by atoms with van der Waals surface area (Å²) in [5, 5.41) is 12.7. The molecular weight excluding hydrogens is 480 g/mol. The van der Waals surface area contributed by atoms with Gasteiger partial charge in [0.1, 0.15) is 0 Å². The molecule has 0 fully saturated rings. The molecule has 0 spiro atoms. The number of nitrogens with one attached hydrogen (secondary N) is 3. The van der Waals surface area contributed by atoms with Crippen LogP contribution < -0.4 is 16.4 Å². The first-order valence-corrected chi connectivity index (χ1v) is 13.4. The third kappa shape index (κ3) is 24.1. The molecule has 0 aromatic heterocycles. The zero-order chi connectivity index (χ0) is 28.3. The van der Waals surface area contributed by atoms with Crippen LogP contribution in [0, 0.1) is 5.41 Å². The number of alkyl carbamates (subject to hydrolysis) is 1. The van der Waals surface area contributed by atoms with Crippen LogP contribution in [0.2, 0.25) is 0 Å². The molecule has 0 saturated heterocycles. The fourth-order valence-corrected chi connectivity index (χ4v) is 2.84. The summed E-state index contributed by atoms with van der Waals surface area (Å²) in [6, 6.07) is 0. The van der Waals surface area contributed by atoms with Crippen molar-refractivity contribution in [2.75, 3.05) is 27.2 Å². The van der Waals surface area contributed by atoms with Crippen molar-refractivity contribution in [1.29, 1.82) is 5.41 Å². The van der Waals surface area contributed by atoms with Crippen molar-refractivity contribution in [2.24, 2.45) is 10.7 Å². The molecular formula is C29H48N6O3. The minimum absolute atomic E-state index is 0.0309. The van der Waals surface area contributed by atoms with E-state index in [4.69, 9.17) is 15.9 Å². The number of aliphatic imine (C=N–C) groups is 1. The van der Waals surface area contributed by atoms with Crippen LogP contribution in [0.25, 0.3) is 0 Å². The maximum absolute atomic E-state index is 11.9. The summed E-state index contributed by atoms with van der Waals surface area (Å²) in [5.41, 5.74) is 5.53. The SMILES string of the molecule is CC/C=C\C/C=C\C/C=C\C/C=C\C/C=C\CCCC(=O)NCCCCOC(=O)N/C(N)=N/C(=N)N(C)C. The lowest BCUT2D eigenvalue weighted by atomic mass is 10.2. The molecule has 38 heavy (non-hydrogen) atoms. The average Bonchev–Trinajstić information content (AvgIpc) is 2.87. The van der Waals surface area contributed by atoms with Gasteiger partial charge in [0.25, 0.3) is 0 Å². The van der Waals surface area contributed by atoms with Gasteiger partial charge >= 0.3 is 6.09 Å². The van der Waals surface area contributed by atoms with Crippen LogP contribution in [-0.2, 0) is 9.53 Å². The molecule has 0 aromatic rings. The van der Waals surface area contributed by atoms with E-state index in [1.165, 1.54) is 4.90 Å². The number of amides is 2. The molecule has 5 N–H and O–H groups in total. The Morgan fingerprint density at radius 2 is 1.42 bits per heavy atom. The van der Waals surface area contributed by atoms with E-state index in [0.29, 0.717) is 25.8 Å². The van der Waals surface area contributed by atoms with Gasteiger partial charge in [-0.1, -0.05) is 67.7 Å². The fraction of sp³-hybridized carbons (Fsp3) is 0.517. The third-order valence-electron chi connectivity index (χ3n) is 4.94. The van der Waals surface area contributed by atoms with E-state index < -0.39 is 6.09 Å². The fourth-order valence-electron chi connectivity index (χ4n) is 2.84. The lowest BCUT2D eigenvalue weighted by Crippen LogP contribution is -2.39. The average molecular weight is 529 g/mol. The Morgan fingerprint density at radius 1 is 0.868 bits per heavy atom. The van der Waals surface area contributed by atoms with Crippen LogP contribution in [0.15, 0.2) is 65.8 Å². The van der Waals surface area contributed by atoms with Gasteiger partial charge in [-0.05, 0) is 57.8 Å². The Hall–Kier alpha value is -3.62. The van der Waals surface area contributed by atoms with Crippen molar-refractivity contribution in [2.45, 2.75) is 71.1 Å². The maximum atomic E-state index is 11.9. The molecule has 0 unspecified atom stereocenters. The summed E-state index contributed by atoms with van der Waals surface area (Å²) in [4.78, 5) is 28.7. The molecule has 2 amide bonds. The standard InChI is InChI=1S/C29H48N6O3/c1-4-5-6-7-8-9-10-11-12-13-14-15-16-17-18-19-20-23-26(36)32-24-21-22-25-38-29(37)34-27(30)33-28(31)35(2)3/h5-6,8-9,11-12,14-15,17-18H,4,7,10,13,16,19-25H2,1-3H3,(H,32,36)(H4,30,31,33,34,37)/b6-5-,9-8-,12-11-,15-14-,18-17-. The van der Waals surface area contributed by atoms with E-state index >= 15 is 0 Å². The molecule has 9 heteroatoms. The highest BCUT2D eigenvalue weighted by atomic mass is 16.5. The minimum atomic E-state index is -0.725. The minimum Gasteiger partial charge on any atom is -0.449 e. The van der Waals surface area contributed by atoms with Gasteiger partial charge in [0.15, 0.2) is 0 Å². The topological polar surface area (TPSA) is 133 Å². The van der Waals surface area contributed by atoms with Gasteiger partial charge in [-0.2, -0.15) is 4.99 Å². The summed E-state index contributed by atoms with van der Waals surface area (Å²) in [6.45, 7) is 2.88. The van der Waals surface area contributed by atoms with E-state index in [9.17, 15) is 9.59 Å². The number of hydrogen-bond donors (Lipinski definition) is 4. The van der Waals surface area contributed by atoms with Crippen molar-refractivity contribution in [3.05, 3.63) is 60.8 Å².